The maximum Gasteiger partial charge on any atom is 0.129 e. The van der Waals surface area contributed by atoms with Gasteiger partial charge >= 0.3 is 0 Å². The fraction of sp³-hybridized carbons (Fsp3) is 0.588. The molecule has 0 unspecified atom stereocenters. The number of Topliss-reactive ketones (excluding diaryl/α,β-unsaturated/α-hetero) is 1. The number of ether oxygens (including phenoxy) is 2. The van der Waals surface area contributed by atoms with Crippen molar-refractivity contribution in [2.75, 3.05) is 13.7 Å². The van der Waals surface area contributed by atoms with Gasteiger partial charge in [-0.15, -0.1) is 0 Å². The summed E-state index contributed by atoms with van der Waals surface area (Å²) in [6, 6.07) is 5.91. The molecule has 112 valence electrons. The van der Waals surface area contributed by atoms with E-state index >= 15 is 0 Å². The lowest BCUT2D eigenvalue weighted by Crippen LogP contribution is -2.14. The molecule has 1 aromatic rings. The predicted octanol–water partition coefficient (Wildman–Crippen LogP) is 4.13. The minimum absolute atomic E-state index is 0.00323. The number of unbranched alkanes of at least 4 members (excludes halogenated alkanes) is 1. The van der Waals surface area contributed by atoms with Crippen molar-refractivity contribution in [2.24, 2.45) is 0 Å². The van der Waals surface area contributed by atoms with Gasteiger partial charge in [0.25, 0.3) is 0 Å². The molecule has 0 N–H and O–H groups in total. The third kappa shape index (κ3) is 5.24. The molecule has 0 bridgehead atoms. The van der Waals surface area contributed by atoms with E-state index in [1.165, 1.54) is 0 Å². The first-order valence-corrected chi connectivity index (χ1v) is 7.15. The molecular formula is C17H26O3. The van der Waals surface area contributed by atoms with E-state index in [4.69, 9.17) is 9.47 Å². The second-order valence-corrected chi connectivity index (χ2v) is 6.12. The van der Waals surface area contributed by atoms with E-state index in [0.717, 1.165) is 29.9 Å². The largest absolute Gasteiger partial charge is 0.497 e. The van der Waals surface area contributed by atoms with Gasteiger partial charge in [0.2, 0.25) is 0 Å². The Hall–Kier alpha value is -1.51. The lowest BCUT2D eigenvalue weighted by atomic mass is 9.86. The lowest BCUT2D eigenvalue weighted by molar-refractivity contribution is -0.117. The van der Waals surface area contributed by atoms with Crippen LogP contribution in [-0.2, 0) is 10.2 Å². The molecule has 1 rings (SSSR count). The van der Waals surface area contributed by atoms with Crippen LogP contribution >= 0.6 is 0 Å². The van der Waals surface area contributed by atoms with Crippen LogP contribution in [0.1, 0.15) is 52.5 Å². The summed E-state index contributed by atoms with van der Waals surface area (Å²) in [6.07, 6.45) is 2.42. The Morgan fingerprint density at radius 2 is 1.90 bits per heavy atom. The maximum absolute atomic E-state index is 10.9. The van der Waals surface area contributed by atoms with Gasteiger partial charge in [0.15, 0.2) is 0 Å². The van der Waals surface area contributed by atoms with Gasteiger partial charge in [-0.1, -0.05) is 20.8 Å². The van der Waals surface area contributed by atoms with Crippen LogP contribution in [0.2, 0.25) is 0 Å². The van der Waals surface area contributed by atoms with Gasteiger partial charge < -0.3 is 14.3 Å². The van der Waals surface area contributed by atoms with Gasteiger partial charge in [0.1, 0.15) is 17.3 Å². The molecule has 3 heteroatoms. The summed E-state index contributed by atoms with van der Waals surface area (Å²) < 4.78 is 11.2. The van der Waals surface area contributed by atoms with Gasteiger partial charge in [-0.3, -0.25) is 0 Å². The number of carbonyl (C=O) groups is 1. The Bertz CT molecular complexity index is 444. The zero-order valence-electron chi connectivity index (χ0n) is 13.3. The smallest absolute Gasteiger partial charge is 0.129 e. The molecule has 0 aliphatic rings. The van der Waals surface area contributed by atoms with Crippen LogP contribution in [0.4, 0.5) is 0 Å². The molecule has 0 aliphatic carbocycles. The van der Waals surface area contributed by atoms with E-state index in [-0.39, 0.29) is 11.2 Å². The van der Waals surface area contributed by atoms with Crippen LogP contribution in [0.15, 0.2) is 18.2 Å². The van der Waals surface area contributed by atoms with Crippen LogP contribution in [0.3, 0.4) is 0 Å². The monoisotopic (exact) mass is 278 g/mol. The van der Waals surface area contributed by atoms with Crippen molar-refractivity contribution in [1.82, 2.24) is 0 Å². The fourth-order valence-electron chi connectivity index (χ4n) is 2.01. The molecule has 0 aromatic heterocycles. The second kappa shape index (κ2) is 7.32. The molecule has 0 aliphatic heterocycles. The van der Waals surface area contributed by atoms with Gasteiger partial charge in [-0.2, -0.15) is 0 Å². The highest BCUT2D eigenvalue weighted by Gasteiger charge is 2.19. The molecule has 0 spiro atoms. The number of methoxy groups -OCH3 is 1. The lowest BCUT2D eigenvalue weighted by Gasteiger charge is -2.23. The standard InChI is InChI=1S/C17H26O3/c1-13(18)8-6-7-11-20-16-10-9-14(19-5)12-15(16)17(2,3)4/h9-10,12H,6-8,11H2,1-5H3. The highest BCUT2D eigenvalue weighted by molar-refractivity contribution is 5.75. The van der Waals surface area contributed by atoms with Crippen molar-refractivity contribution in [3.05, 3.63) is 23.8 Å². The maximum atomic E-state index is 10.9. The summed E-state index contributed by atoms with van der Waals surface area (Å²) in [4.78, 5) is 10.9. The molecule has 0 radical (unpaired) electrons. The minimum Gasteiger partial charge on any atom is -0.497 e. The zero-order chi connectivity index (χ0) is 15.2. The third-order valence-corrected chi connectivity index (χ3v) is 3.18. The molecule has 0 saturated carbocycles. The fourth-order valence-corrected chi connectivity index (χ4v) is 2.01. The summed E-state index contributed by atoms with van der Waals surface area (Å²) in [5.41, 5.74) is 1.15. The Balaban J connectivity index is 2.67. The summed E-state index contributed by atoms with van der Waals surface area (Å²) in [6.45, 7) is 8.74. The first-order chi connectivity index (χ1) is 9.34. The minimum atomic E-state index is 0.00323. The Labute approximate surface area is 122 Å². The van der Waals surface area contributed by atoms with Crippen molar-refractivity contribution in [3.63, 3.8) is 0 Å². The van der Waals surface area contributed by atoms with Crippen LogP contribution < -0.4 is 9.47 Å². The van der Waals surface area contributed by atoms with Crippen LogP contribution in [0, 0.1) is 0 Å². The number of hydrogen-bond acceptors (Lipinski definition) is 3. The number of ketones is 1. The van der Waals surface area contributed by atoms with Gasteiger partial charge in [-0.25, -0.2) is 0 Å². The highest BCUT2D eigenvalue weighted by atomic mass is 16.5. The van der Waals surface area contributed by atoms with E-state index in [2.05, 4.69) is 20.8 Å². The highest BCUT2D eigenvalue weighted by Crippen LogP contribution is 2.34. The predicted molar refractivity (Wildman–Crippen MR) is 81.7 cm³/mol. The van der Waals surface area contributed by atoms with Crippen molar-refractivity contribution in [2.45, 2.75) is 52.4 Å². The molecule has 0 fully saturated rings. The Morgan fingerprint density at radius 3 is 2.45 bits per heavy atom. The topological polar surface area (TPSA) is 35.5 Å². The number of benzene rings is 1. The van der Waals surface area contributed by atoms with E-state index in [1.807, 2.05) is 18.2 Å². The normalized spacial score (nSPS) is 11.2. The quantitative estimate of drug-likeness (QED) is 0.703. The molecule has 1 aromatic carbocycles. The number of rotatable bonds is 7. The van der Waals surface area contributed by atoms with Crippen molar-refractivity contribution in [3.8, 4) is 11.5 Å². The summed E-state index contributed by atoms with van der Waals surface area (Å²) in [7, 11) is 1.67. The van der Waals surface area contributed by atoms with Gasteiger partial charge in [-0.05, 0) is 43.4 Å². The first kappa shape index (κ1) is 16.5. The van der Waals surface area contributed by atoms with Crippen LogP contribution in [-0.4, -0.2) is 19.5 Å². The van der Waals surface area contributed by atoms with Crippen LogP contribution in [0.25, 0.3) is 0 Å². The van der Waals surface area contributed by atoms with Crippen molar-refractivity contribution < 1.29 is 14.3 Å². The average Bonchev–Trinajstić information content (AvgIpc) is 2.37. The third-order valence-electron chi connectivity index (χ3n) is 3.18. The first-order valence-electron chi connectivity index (χ1n) is 7.15. The molecule has 0 atom stereocenters. The summed E-state index contributed by atoms with van der Waals surface area (Å²) in [5.74, 6) is 1.99. The molecular weight excluding hydrogens is 252 g/mol. The van der Waals surface area contributed by atoms with E-state index < -0.39 is 0 Å². The molecule has 3 nitrogen and oxygen atoms in total. The SMILES string of the molecule is COc1ccc(OCCCCC(C)=O)c(C(C)(C)C)c1. The molecule has 0 amide bonds. The van der Waals surface area contributed by atoms with Crippen molar-refractivity contribution in [1.29, 1.82) is 0 Å². The summed E-state index contributed by atoms with van der Waals surface area (Å²) in [5, 5.41) is 0. The van der Waals surface area contributed by atoms with Crippen molar-refractivity contribution >= 4 is 5.78 Å². The summed E-state index contributed by atoms with van der Waals surface area (Å²) >= 11 is 0. The molecule has 0 saturated heterocycles. The second-order valence-electron chi connectivity index (χ2n) is 6.12. The number of hydrogen-bond donors (Lipinski definition) is 0. The zero-order valence-corrected chi connectivity index (χ0v) is 13.3. The Kier molecular flexibility index (Phi) is 6.05. The van der Waals surface area contributed by atoms with E-state index in [1.54, 1.807) is 14.0 Å². The average molecular weight is 278 g/mol. The van der Waals surface area contributed by atoms with Gasteiger partial charge in [0, 0.05) is 12.0 Å². The molecule has 20 heavy (non-hydrogen) atoms. The number of carbonyl (C=O) groups excluding carboxylic acids is 1. The van der Waals surface area contributed by atoms with E-state index in [9.17, 15) is 4.79 Å². The Morgan fingerprint density at radius 1 is 1.20 bits per heavy atom. The van der Waals surface area contributed by atoms with E-state index in [0.29, 0.717) is 13.0 Å². The molecule has 0 heterocycles. The van der Waals surface area contributed by atoms with Crippen LogP contribution in [0.5, 0.6) is 11.5 Å². The van der Waals surface area contributed by atoms with Gasteiger partial charge in [0.05, 0.1) is 13.7 Å².